The fourth-order valence-electron chi connectivity index (χ4n) is 6.16. The molecule has 2 atom stereocenters. The van der Waals surface area contributed by atoms with Crippen LogP contribution < -0.4 is 21.3 Å². The smallest absolute Gasteiger partial charge is 0.227 e. The molecule has 47 heavy (non-hydrogen) atoms. The Hall–Kier alpha value is -5.79. The van der Waals surface area contributed by atoms with Crippen molar-refractivity contribution in [3.8, 4) is 17.3 Å². The first-order chi connectivity index (χ1) is 23.0. The third-order valence-corrected chi connectivity index (χ3v) is 8.54. The maximum absolute atomic E-state index is 9.29. The predicted octanol–water partition coefficient (Wildman–Crippen LogP) is 6.14. The zero-order chi connectivity index (χ0) is 32.8. The molecule has 4 heterocycles. The summed E-state index contributed by atoms with van der Waals surface area (Å²) in [5.74, 6) is 1.71. The fraction of sp³-hybridized carbons (Fsp3) is 0.216. The van der Waals surface area contributed by atoms with Gasteiger partial charge in [-0.15, -0.1) is 6.58 Å². The number of nitrogen functional groups attached to an aromatic ring is 2. The molecule has 236 valence electrons. The van der Waals surface area contributed by atoms with E-state index in [1.165, 1.54) is 5.56 Å². The first-order valence-electron chi connectivity index (χ1n) is 15.7. The van der Waals surface area contributed by atoms with E-state index >= 15 is 0 Å². The highest BCUT2D eigenvalue weighted by molar-refractivity contribution is 5.76. The van der Waals surface area contributed by atoms with E-state index in [1.54, 1.807) is 18.5 Å². The lowest BCUT2D eigenvalue weighted by atomic mass is 10.0. The zero-order valence-electron chi connectivity index (χ0n) is 26.4. The summed E-state index contributed by atoms with van der Waals surface area (Å²) in [6.07, 6.45) is 6.01. The molecule has 5 aromatic rings. The lowest BCUT2D eigenvalue weighted by Gasteiger charge is -2.40. The predicted molar refractivity (Wildman–Crippen MR) is 188 cm³/mol. The highest BCUT2D eigenvalue weighted by Crippen LogP contribution is 2.41. The molecule has 1 fully saturated rings. The minimum Gasteiger partial charge on any atom is -0.396 e. The van der Waals surface area contributed by atoms with Gasteiger partial charge in [0.25, 0.3) is 0 Å². The molecule has 3 aromatic heterocycles. The van der Waals surface area contributed by atoms with E-state index in [-0.39, 0.29) is 12.1 Å². The quantitative estimate of drug-likeness (QED) is 0.175. The van der Waals surface area contributed by atoms with Crippen molar-refractivity contribution < 1.29 is 0 Å². The summed E-state index contributed by atoms with van der Waals surface area (Å²) in [4.78, 5) is 25.0. The molecule has 2 aromatic carbocycles. The Morgan fingerprint density at radius 2 is 1.77 bits per heavy atom. The second-order valence-electron chi connectivity index (χ2n) is 11.5. The average molecular weight is 623 g/mol. The van der Waals surface area contributed by atoms with Gasteiger partial charge in [0.05, 0.1) is 23.5 Å². The number of nitriles is 1. The van der Waals surface area contributed by atoms with Crippen LogP contribution in [0.15, 0.2) is 110 Å². The lowest BCUT2D eigenvalue weighted by molar-refractivity contribution is 0.228. The van der Waals surface area contributed by atoms with Crippen LogP contribution in [0.3, 0.4) is 0 Å². The second-order valence-corrected chi connectivity index (χ2v) is 11.5. The van der Waals surface area contributed by atoms with Crippen molar-refractivity contribution in [2.75, 3.05) is 40.9 Å². The van der Waals surface area contributed by atoms with Crippen LogP contribution in [0.25, 0.3) is 11.3 Å². The first kappa shape index (κ1) is 31.2. The third kappa shape index (κ3) is 6.76. The fourth-order valence-corrected chi connectivity index (χ4v) is 6.16. The van der Waals surface area contributed by atoms with Gasteiger partial charge in [-0.05, 0) is 48.4 Å². The summed E-state index contributed by atoms with van der Waals surface area (Å²) in [6.45, 7) is 9.29. The van der Waals surface area contributed by atoms with E-state index in [4.69, 9.17) is 16.5 Å². The summed E-state index contributed by atoms with van der Waals surface area (Å²) in [7, 11) is 0. The molecular formula is C37H38N10. The minimum absolute atomic E-state index is 0.0219. The summed E-state index contributed by atoms with van der Waals surface area (Å²) in [6, 6.07) is 30.1. The van der Waals surface area contributed by atoms with Crippen molar-refractivity contribution in [1.29, 1.82) is 5.26 Å². The van der Waals surface area contributed by atoms with Gasteiger partial charge in [-0.2, -0.15) is 5.26 Å². The largest absolute Gasteiger partial charge is 0.396 e. The molecule has 1 aliphatic rings. The highest BCUT2D eigenvalue weighted by Gasteiger charge is 2.29. The molecule has 6 rings (SSSR count). The van der Waals surface area contributed by atoms with Gasteiger partial charge >= 0.3 is 0 Å². The van der Waals surface area contributed by atoms with E-state index in [0.717, 1.165) is 55.1 Å². The first-order valence-corrected chi connectivity index (χ1v) is 15.7. The van der Waals surface area contributed by atoms with Crippen molar-refractivity contribution in [2.24, 2.45) is 0 Å². The Balaban J connectivity index is 1.28. The molecule has 1 aliphatic heterocycles. The summed E-state index contributed by atoms with van der Waals surface area (Å²) in [5, 5.41) is 9.29. The van der Waals surface area contributed by atoms with Crippen molar-refractivity contribution >= 4 is 29.0 Å². The van der Waals surface area contributed by atoms with E-state index in [2.05, 4.69) is 73.5 Å². The second kappa shape index (κ2) is 14.1. The number of nitrogens with two attached hydrogens (primary N) is 2. The summed E-state index contributed by atoms with van der Waals surface area (Å²) in [5.41, 5.74) is 18.9. The Morgan fingerprint density at radius 1 is 0.957 bits per heavy atom. The maximum Gasteiger partial charge on any atom is 0.227 e. The molecule has 10 heteroatoms. The Morgan fingerprint density at radius 3 is 2.49 bits per heavy atom. The molecule has 0 saturated carbocycles. The summed E-state index contributed by atoms with van der Waals surface area (Å²) >= 11 is 0. The zero-order valence-corrected chi connectivity index (χ0v) is 26.4. The molecule has 0 bridgehead atoms. The summed E-state index contributed by atoms with van der Waals surface area (Å²) < 4.78 is 0. The number of benzene rings is 2. The number of hydrogen-bond acceptors (Lipinski definition) is 10. The Labute approximate surface area is 275 Å². The number of hydrogen-bond donors (Lipinski definition) is 2. The number of piperazine rings is 1. The van der Waals surface area contributed by atoms with Crippen LogP contribution in [-0.4, -0.2) is 50.5 Å². The van der Waals surface area contributed by atoms with Crippen LogP contribution in [0, 0.1) is 11.3 Å². The maximum atomic E-state index is 9.29. The van der Waals surface area contributed by atoms with Gasteiger partial charge in [-0.25, -0.2) is 19.9 Å². The van der Waals surface area contributed by atoms with Gasteiger partial charge in [-0.3, -0.25) is 4.90 Å². The molecule has 0 radical (unpaired) electrons. The SMILES string of the molecule is C=C[C@H]1CN(Cc2ccc(N(c3nc(-c4ccccc4)ccc3N)C(CC)c3cccnc3N)cc2)CCN1c1nccc(C#N)n1. The number of nitrogens with zero attached hydrogens (tertiary/aromatic N) is 8. The number of pyridine rings is 2. The standard InChI is InChI=1S/C37H38N10/c1-3-29-25-45(21-22-46(29)37-42-20-18-28(23-38)43-37)24-26-12-14-30(15-13-26)47(34(4-2)31-11-8-19-41-35(31)40)36-32(39)16-17-33(44-36)27-9-6-5-7-10-27/h3,5-20,29,34H,1,4,21-22,24-25,39H2,2H3,(H2,40,41)/t29-,34?/m0/s1. The van der Waals surface area contributed by atoms with E-state index in [1.807, 2.05) is 60.7 Å². The van der Waals surface area contributed by atoms with Crippen LogP contribution in [0.5, 0.6) is 0 Å². The van der Waals surface area contributed by atoms with Gasteiger partial charge < -0.3 is 21.3 Å². The average Bonchev–Trinajstić information content (AvgIpc) is 3.12. The molecule has 1 unspecified atom stereocenters. The van der Waals surface area contributed by atoms with Gasteiger partial charge in [0.15, 0.2) is 5.82 Å². The molecule has 4 N–H and O–H groups in total. The van der Waals surface area contributed by atoms with Gasteiger partial charge in [-0.1, -0.05) is 61.5 Å². The molecule has 0 spiro atoms. The van der Waals surface area contributed by atoms with Gasteiger partial charge in [0.1, 0.15) is 17.6 Å². The number of anilines is 5. The van der Waals surface area contributed by atoms with Crippen LogP contribution in [0.4, 0.5) is 29.0 Å². The molecule has 1 saturated heterocycles. The van der Waals surface area contributed by atoms with Gasteiger partial charge in [0, 0.05) is 55.4 Å². The van der Waals surface area contributed by atoms with Crippen LogP contribution in [0.2, 0.25) is 0 Å². The third-order valence-electron chi connectivity index (χ3n) is 8.54. The van der Waals surface area contributed by atoms with E-state index < -0.39 is 0 Å². The van der Waals surface area contributed by atoms with E-state index in [0.29, 0.717) is 29.0 Å². The molecule has 0 aliphatic carbocycles. The highest BCUT2D eigenvalue weighted by atomic mass is 15.3. The van der Waals surface area contributed by atoms with Crippen molar-refractivity contribution in [1.82, 2.24) is 24.8 Å². The normalized spacial score (nSPS) is 15.5. The van der Waals surface area contributed by atoms with Crippen LogP contribution in [0.1, 0.15) is 36.2 Å². The van der Waals surface area contributed by atoms with Crippen molar-refractivity contribution in [3.05, 3.63) is 127 Å². The molecule has 0 amide bonds. The minimum atomic E-state index is -0.154. The van der Waals surface area contributed by atoms with Crippen molar-refractivity contribution in [3.63, 3.8) is 0 Å². The lowest BCUT2D eigenvalue weighted by Crippen LogP contribution is -2.52. The monoisotopic (exact) mass is 622 g/mol. The Bertz CT molecular complexity index is 1870. The molecular weight excluding hydrogens is 584 g/mol. The number of aromatic nitrogens is 4. The topological polar surface area (TPSA) is 137 Å². The van der Waals surface area contributed by atoms with E-state index in [9.17, 15) is 5.26 Å². The van der Waals surface area contributed by atoms with Crippen molar-refractivity contribution in [2.45, 2.75) is 32.0 Å². The number of rotatable bonds is 10. The van der Waals surface area contributed by atoms with Crippen LogP contribution in [-0.2, 0) is 6.54 Å². The van der Waals surface area contributed by atoms with Gasteiger partial charge in [0.2, 0.25) is 5.95 Å². The Kier molecular flexibility index (Phi) is 9.36. The molecule has 10 nitrogen and oxygen atoms in total. The van der Waals surface area contributed by atoms with Crippen LogP contribution >= 0.6 is 0 Å².